The molecule has 0 aromatic heterocycles. The summed E-state index contributed by atoms with van der Waals surface area (Å²) in [5, 5.41) is 21.7. The first-order chi connectivity index (χ1) is 9.10. The Labute approximate surface area is 111 Å². The van der Waals surface area contributed by atoms with Crippen molar-refractivity contribution >= 4 is 5.97 Å². The molecule has 1 saturated heterocycles. The molecule has 0 bridgehead atoms. The van der Waals surface area contributed by atoms with Crippen molar-refractivity contribution in [2.75, 3.05) is 6.54 Å². The predicted molar refractivity (Wildman–Crippen MR) is 68.2 cm³/mol. The van der Waals surface area contributed by atoms with Crippen molar-refractivity contribution in [1.29, 1.82) is 5.26 Å². The Morgan fingerprint density at radius 1 is 1.53 bits per heavy atom. The molecule has 2 N–H and O–H groups in total. The molecule has 1 heterocycles. The number of aliphatic hydroxyl groups is 1. The maximum atomic E-state index is 11.0. The van der Waals surface area contributed by atoms with Crippen LogP contribution >= 0.6 is 0 Å². The van der Waals surface area contributed by atoms with Crippen LogP contribution in [0.5, 0.6) is 0 Å². The number of β-amino-alcohol motifs (C(OH)–C–C–N with tert-alkyl or cyclic N) is 1. The summed E-state index contributed by atoms with van der Waals surface area (Å²) in [6, 6.07) is 9.20. The summed E-state index contributed by atoms with van der Waals surface area (Å²) in [7, 11) is 0. The lowest BCUT2D eigenvalue weighted by molar-refractivity contribution is -0.151. The standard InChI is InChI=1S/C14H16N2O3/c1-9(17)19-14-12(16-8-13(14)18)6-10-2-4-11(7-15)5-3-10/h2-5,12-14,16,18H,6,8H2,1H3/t12-,13+,14+/m1/s1. The predicted octanol–water partition coefficient (Wildman–Crippen LogP) is 0.365. The van der Waals surface area contributed by atoms with Gasteiger partial charge in [0.15, 0.2) is 0 Å². The van der Waals surface area contributed by atoms with E-state index in [1.54, 1.807) is 12.1 Å². The number of benzene rings is 1. The van der Waals surface area contributed by atoms with Crippen LogP contribution < -0.4 is 5.32 Å². The highest BCUT2D eigenvalue weighted by Gasteiger charge is 2.37. The van der Waals surface area contributed by atoms with Gasteiger partial charge in [-0.2, -0.15) is 5.26 Å². The zero-order valence-electron chi connectivity index (χ0n) is 10.7. The molecule has 0 saturated carbocycles. The monoisotopic (exact) mass is 260 g/mol. The summed E-state index contributed by atoms with van der Waals surface area (Å²) in [5.41, 5.74) is 1.64. The molecular weight excluding hydrogens is 244 g/mol. The molecule has 2 rings (SSSR count). The Morgan fingerprint density at radius 3 is 2.79 bits per heavy atom. The second-order valence-electron chi connectivity index (χ2n) is 4.67. The Bertz CT molecular complexity index is 492. The number of carbonyl (C=O) groups excluding carboxylic acids is 1. The molecule has 19 heavy (non-hydrogen) atoms. The molecule has 5 heteroatoms. The first-order valence-electron chi connectivity index (χ1n) is 6.18. The fourth-order valence-corrected chi connectivity index (χ4v) is 2.28. The van der Waals surface area contributed by atoms with Crippen LogP contribution in [0.25, 0.3) is 0 Å². The van der Waals surface area contributed by atoms with E-state index < -0.39 is 18.2 Å². The van der Waals surface area contributed by atoms with E-state index in [2.05, 4.69) is 11.4 Å². The van der Waals surface area contributed by atoms with Gasteiger partial charge in [-0.05, 0) is 24.1 Å². The van der Waals surface area contributed by atoms with Gasteiger partial charge in [-0.25, -0.2) is 0 Å². The number of rotatable bonds is 3. The Kier molecular flexibility index (Phi) is 4.15. The summed E-state index contributed by atoms with van der Waals surface area (Å²) in [4.78, 5) is 11.0. The molecule has 1 aliphatic rings. The van der Waals surface area contributed by atoms with Crippen molar-refractivity contribution in [3.05, 3.63) is 35.4 Å². The molecule has 3 atom stereocenters. The van der Waals surface area contributed by atoms with Crippen LogP contribution in [-0.4, -0.2) is 35.9 Å². The van der Waals surface area contributed by atoms with Gasteiger partial charge in [-0.3, -0.25) is 4.79 Å². The van der Waals surface area contributed by atoms with Crippen LogP contribution in [0.4, 0.5) is 0 Å². The Morgan fingerprint density at radius 2 is 2.21 bits per heavy atom. The molecule has 1 aromatic rings. The first-order valence-corrected chi connectivity index (χ1v) is 6.18. The summed E-state index contributed by atoms with van der Waals surface area (Å²) in [6.45, 7) is 1.75. The van der Waals surface area contributed by atoms with E-state index in [1.165, 1.54) is 6.92 Å². The lowest BCUT2D eigenvalue weighted by atomic mass is 10.0. The molecule has 0 spiro atoms. The molecule has 5 nitrogen and oxygen atoms in total. The van der Waals surface area contributed by atoms with Crippen LogP contribution in [0.1, 0.15) is 18.1 Å². The van der Waals surface area contributed by atoms with Crippen molar-refractivity contribution in [1.82, 2.24) is 5.32 Å². The minimum absolute atomic E-state index is 0.105. The normalized spacial score (nSPS) is 25.8. The van der Waals surface area contributed by atoms with Crippen molar-refractivity contribution < 1.29 is 14.6 Å². The van der Waals surface area contributed by atoms with E-state index in [1.807, 2.05) is 12.1 Å². The van der Waals surface area contributed by atoms with Crippen molar-refractivity contribution in [2.45, 2.75) is 31.6 Å². The fourth-order valence-electron chi connectivity index (χ4n) is 2.28. The third-order valence-corrected chi connectivity index (χ3v) is 3.21. The molecule has 0 aliphatic carbocycles. The molecule has 0 unspecified atom stereocenters. The SMILES string of the molecule is CC(=O)O[C@@H]1[C@@H](O)CN[C@@H]1Cc1ccc(C#N)cc1. The number of hydrogen-bond acceptors (Lipinski definition) is 5. The van der Waals surface area contributed by atoms with E-state index in [9.17, 15) is 9.90 Å². The molecular formula is C14H16N2O3. The Balaban J connectivity index is 2.04. The van der Waals surface area contributed by atoms with E-state index in [0.717, 1.165) is 5.56 Å². The number of hydrogen-bond donors (Lipinski definition) is 2. The summed E-state index contributed by atoms with van der Waals surface area (Å²) >= 11 is 0. The van der Waals surface area contributed by atoms with E-state index >= 15 is 0 Å². The van der Waals surface area contributed by atoms with Crippen molar-refractivity contribution in [3.63, 3.8) is 0 Å². The third kappa shape index (κ3) is 3.31. The number of esters is 1. The second-order valence-corrected chi connectivity index (χ2v) is 4.67. The highest BCUT2D eigenvalue weighted by Crippen LogP contribution is 2.17. The minimum Gasteiger partial charge on any atom is -0.458 e. The fraction of sp³-hybridized carbons (Fsp3) is 0.429. The van der Waals surface area contributed by atoms with Crippen molar-refractivity contribution in [3.8, 4) is 6.07 Å². The highest BCUT2D eigenvalue weighted by atomic mass is 16.6. The lowest BCUT2D eigenvalue weighted by Gasteiger charge is -2.21. The van der Waals surface area contributed by atoms with E-state index in [0.29, 0.717) is 18.5 Å². The number of ether oxygens (including phenoxy) is 1. The summed E-state index contributed by atoms with van der Waals surface area (Å²) < 4.78 is 5.15. The van der Waals surface area contributed by atoms with Crippen LogP contribution in [0.15, 0.2) is 24.3 Å². The van der Waals surface area contributed by atoms with Gasteiger partial charge in [-0.1, -0.05) is 12.1 Å². The van der Waals surface area contributed by atoms with Crippen LogP contribution in [0.2, 0.25) is 0 Å². The van der Waals surface area contributed by atoms with E-state index in [-0.39, 0.29) is 6.04 Å². The van der Waals surface area contributed by atoms with Crippen LogP contribution in [0, 0.1) is 11.3 Å². The van der Waals surface area contributed by atoms with Gasteiger partial charge in [0.25, 0.3) is 0 Å². The highest BCUT2D eigenvalue weighted by molar-refractivity contribution is 5.66. The third-order valence-electron chi connectivity index (χ3n) is 3.21. The van der Waals surface area contributed by atoms with Gasteiger partial charge >= 0.3 is 5.97 Å². The maximum absolute atomic E-state index is 11.0. The van der Waals surface area contributed by atoms with Gasteiger partial charge < -0.3 is 15.2 Å². The largest absolute Gasteiger partial charge is 0.458 e. The number of aliphatic hydroxyl groups excluding tert-OH is 1. The van der Waals surface area contributed by atoms with Crippen LogP contribution in [0.3, 0.4) is 0 Å². The molecule has 1 aromatic carbocycles. The van der Waals surface area contributed by atoms with Gasteiger partial charge in [0.2, 0.25) is 0 Å². The zero-order chi connectivity index (χ0) is 13.8. The second kappa shape index (κ2) is 5.83. The van der Waals surface area contributed by atoms with Crippen LogP contribution in [-0.2, 0) is 16.0 Å². The average molecular weight is 260 g/mol. The van der Waals surface area contributed by atoms with Crippen molar-refractivity contribution in [2.24, 2.45) is 0 Å². The summed E-state index contributed by atoms with van der Waals surface area (Å²) in [5.74, 6) is -0.391. The molecule has 0 amide bonds. The molecule has 1 fully saturated rings. The minimum atomic E-state index is -0.674. The van der Waals surface area contributed by atoms with Gasteiger partial charge in [0.05, 0.1) is 17.7 Å². The quantitative estimate of drug-likeness (QED) is 0.767. The van der Waals surface area contributed by atoms with Gasteiger partial charge in [0.1, 0.15) is 12.2 Å². The molecule has 100 valence electrons. The topological polar surface area (TPSA) is 82.3 Å². The summed E-state index contributed by atoms with van der Waals surface area (Å²) in [6.07, 6.45) is -0.554. The average Bonchev–Trinajstić information content (AvgIpc) is 2.72. The lowest BCUT2D eigenvalue weighted by Crippen LogP contribution is -2.38. The maximum Gasteiger partial charge on any atom is 0.303 e. The number of nitrogens with one attached hydrogen (secondary N) is 1. The number of carbonyl (C=O) groups is 1. The Hall–Kier alpha value is -1.90. The van der Waals surface area contributed by atoms with E-state index in [4.69, 9.17) is 10.00 Å². The molecule has 0 radical (unpaired) electrons. The smallest absolute Gasteiger partial charge is 0.303 e. The number of nitriles is 1. The van der Waals surface area contributed by atoms with Gasteiger partial charge in [0, 0.05) is 13.5 Å². The molecule has 1 aliphatic heterocycles. The zero-order valence-corrected chi connectivity index (χ0v) is 10.7. The van der Waals surface area contributed by atoms with Gasteiger partial charge in [-0.15, -0.1) is 0 Å². The first kappa shape index (κ1) is 13.5. The number of nitrogens with zero attached hydrogens (tertiary/aromatic N) is 1.